The molecule has 0 saturated heterocycles. The number of methoxy groups -OCH3 is 1. The van der Waals surface area contributed by atoms with Crippen molar-refractivity contribution in [2.24, 2.45) is 0 Å². The number of aryl methyl sites for hydroxylation is 2. The number of aromatic nitrogens is 3. The van der Waals surface area contributed by atoms with Crippen molar-refractivity contribution in [1.82, 2.24) is 15.0 Å². The molecule has 4 aromatic rings. The maximum Gasteiger partial charge on any atom is 0.416 e. The molecule has 1 aliphatic rings. The number of likely N-dealkylation sites (N-methyl/N-ethyl adjacent to an activating group) is 1. The first-order valence-electron chi connectivity index (χ1n) is 11.9. The second kappa shape index (κ2) is 9.85. The summed E-state index contributed by atoms with van der Waals surface area (Å²) in [6.45, 7) is 3.60. The average Bonchev–Trinajstić information content (AvgIpc) is 2.89. The average molecular weight is 522 g/mol. The lowest BCUT2D eigenvalue weighted by atomic mass is 9.96. The van der Waals surface area contributed by atoms with Crippen molar-refractivity contribution in [3.8, 4) is 22.6 Å². The van der Waals surface area contributed by atoms with E-state index in [-0.39, 0.29) is 18.1 Å². The van der Waals surface area contributed by atoms with Crippen molar-refractivity contribution in [2.45, 2.75) is 26.1 Å². The van der Waals surface area contributed by atoms with Crippen molar-refractivity contribution in [3.63, 3.8) is 0 Å². The molecular formula is C28H26F3N5O2. The van der Waals surface area contributed by atoms with Crippen LogP contribution in [0.3, 0.4) is 0 Å². The summed E-state index contributed by atoms with van der Waals surface area (Å²) >= 11 is 0. The lowest BCUT2D eigenvalue weighted by Crippen LogP contribution is -2.35. The number of ether oxygens (including phenoxy) is 2. The van der Waals surface area contributed by atoms with Crippen LogP contribution < -0.4 is 19.7 Å². The molecule has 1 N–H and O–H groups in total. The number of fused-ring (bicyclic) bond motifs is 1. The minimum absolute atomic E-state index is 0.0406. The molecule has 3 heterocycles. The molecule has 0 bridgehead atoms. The molecule has 0 saturated carbocycles. The SMILES string of the molecule is COc1cc(Nc2ncc3c(n2)N(C)C(c2ccc(C)cc2C(F)(F)F)CO3)ccc1-c1ccnc(C)c1. The molecular weight excluding hydrogens is 495 g/mol. The zero-order chi connectivity index (χ0) is 27.0. The Kier molecular flexibility index (Phi) is 6.56. The van der Waals surface area contributed by atoms with E-state index in [0.717, 1.165) is 22.9 Å². The van der Waals surface area contributed by atoms with Gasteiger partial charge in [0.1, 0.15) is 12.4 Å². The molecule has 1 unspecified atom stereocenters. The lowest BCUT2D eigenvalue weighted by molar-refractivity contribution is -0.138. The van der Waals surface area contributed by atoms with E-state index in [1.165, 1.54) is 12.3 Å². The van der Waals surface area contributed by atoms with E-state index in [4.69, 9.17) is 9.47 Å². The molecule has 5 rings (SSSR count). The first-order valence-corrected chi connectivity index (χ1v) is 11.9. The van der Waals surface area contributed by atoms with Crippen LogP contribution in [0.15, 0.2) is 60.9 Å². The zero-order valence-corrected chi connectivity index (χ0v) is 21.3. The summed E-state index contributed by atoms with van der Waals surface area (Å²) in [6, 6.07) is 13.2. The Morgan fingerprint density at radius 2 is 1.87 bits per heavy atom. The number of benzene rings is 2. The van der Waals surface area contributed by atoms with Gasteiger partial charge in [0.25, 0.3) is 0 Å². The van der Waals surface area contributed by atoms with Gasteiger partial charge in [-0.3, -0.25) is 4.98 Å². The smallest absolute Gasteiger partial charge is 0.416 e. The third kappa shape index (κ3) is 4.93. The van der Waals surface area contributed by atoms with Crippen LogP contribution in [0, 0.1) is 13.8 Å². The Hall–Kier alpha value is -4.34. The highest BCUT2D eigenvalue weighted by atomic mass is 19.4. The van der Waals surface area contributed by atoms with Crippen molar-refractivity contribution in [1.29, 1.82) is 0 Å². The summed E-state index contributed by atoms with van der Waals surface area (Å²) in [5.41, 5.74) is 3.46. The second-order valence-electron chi connectivity index (χ2n) is 9.13. The van der Waals surface area contributed by atoms with E-state index in [0.29, 0.717) is 28.6 Å². The summed E-state index contributed by atoms with van der Waals surface area (Å²) in [5.74, 6) is 1.71. The number of alkyl halides is 3. The van der Waals surface area contributed by atoms with Crippen LogP contribution >= 0.6 is 0 Å². The highest BCUT2D eigenvalue weighted by Gasteiger charge is 2.38. The summed E-state index contributed by atoms with van der Waals surface area (Å²) < 4.78 is 52.9. The van der Waals surface area contributed by atoms with Gasteiger partial charge in [0.15, 0.2) is 11.6 Å². The van der Waals surface area contributed by atoms with Crippen molar-refractivity contribution in [2.75, 3.05) is 31.0 Å². The highest BCUT2D eigenvalue weighted by Crippen LogP contribution is 2.42. The largest absolute Gasteiger partial charge is 0.496 e. The Bertz CT molecular complexity index is 1490. The van der Waals surface area contributed by atoms with E-state index >= 15 is 0 Å². The molecule has 1 aliphatic heterocycles. The van der Waals surface area contributed by atoms with Gasteiger partial charge in [0, 0.05) is 36.3 Å². The number of hydrogen-bond acceptors (Lipinski definition) is 7. The summed E-state index contributed by atoms with van der Waals surface area (Å²) in [6.07, 6.45) is -1.22. The highest BCUT2D eigenvalue weighted by molar-refractivity contribution is 5.74. The van der Waals surface area contributed by atoms with Crippen LogP contribution in [-0.2, 0) is 6.18 Å². The van der Waals surface area contributed by atoms with Crippen LogP contribution in [0.25, 0.3) is 11.1 Å². The molecule has 38 heavy (non-hydrogen) atoms. The minimum Gasteiger partial charge on any atom is -0.496 e. The topological polar surface area (TPSA) is 72.4 Å². The number of nitrogens with one attached hydrogen (secondary N) is 1. The zero-order valence-electron chi connectivity index (χ0n) is 21.3. The quantitative estimate of drug-likeness (QED) is 0.322. The predicted molar refractivity (Wildman–Crippen MR) is 139 cm³/mol. The predicted octanol–water partition coefficient (Wildman–Crippen LogP) is 6.50. The molecule has 0 spiro atoms. The molecule has 2 aromatic heterocycles. The molecule has 0 radical (unpaired) electrons. The van der Waals surface area contributed by atoms with E-state index in [2.05, 4.69) is 20.3 Å². The van der Waals surface area contributed by atoms with Gasteiger partial charge in [-0.2, -0.15) is 18.2 Å². The Balaban J connectivity index is 1.43. The molecule has 0 amide bonds. The van der Waals surface area contributed by atoms with E-state index in [1.54, 1.807) is 38.2 Å². The minimum atomic E-state index is -4.49. The van der Waals surface area contributed by atoms with Gasteiger partial charge in [-0.1, -0.05) is 17.7 Å². The number of pyridine rings is 1. The van der Waals surface area contributed by atoms with Crippen molar-refractivity contribution >= 4 is 17.5 Å². The Morgan fingerprint density at radius 3 is 2.61 bits per heavy atom. The van der Waals surface area contributed by atoms with Crippen LogP contribution in [0.1, 0.15) is 28.4 Å². The van der Waals surface area contributed by atoms with Crippen LogP contribution in [0.4, 0.5) is 30.6 Å². The maximum absolute atomic E-state index is 13.8. The molecule has 0 fully saturated rings. The van der Waals surface area contributed by atoms with Gasteiger partial charge in [-0.05, 0) is 55.3 Å². The Labute approximate surface area is 218 Å². The van der Waals surface area contributed by atoms with Crippen LogP contribution in [0.2, 0.25) is 0 Å². The van der Waals surface area contributed by atoms with Gasteiger partial charge in [-0.15, -0.1) is 0 Å². The fourth-order valence-electron chi connectivity index (χ4n) is 4.56. The molecule has 0 aliphatic carbocycles. The van der Waals surface area contributed by atoms with E-state index in [1.807, 2.05) is 37.3 Å². The van der Waals surface area contributed by atoms with Gasteiger partial charge >= 0.3 is 6.18 Å². The van der Waals surface area contributed by atoms with Gasteiger partial charge in [0.2, 0.25) is 5.95 Å². The number of hydrogen-bond donors (Lipinski definition) is 1. The molecule has 1 atom stereocenters. The number of anilines is 3. The molecule has 7 nitrogen and oxygen atoms in total. The van der Waals surface area contributed by atoms with E-state index in [9.17, 15) is 13.2 Å². The molecule has 10 heteroatoms. The van der Waals surface area contributed by atoms with Crippen LogP contribution in [-0.4, -0.2) is 35.7 Å². The fraction of sp³-hybridized carbons (Fsp3) is 0.250. The van der Waals surface area contributed by atoms with Crippen molar-refractivity contribution in [3.05, 3.63) is 83.3 Å². The second-order valence-corrected chi connectivity index (χ2v) is 9.13. The van der Waals surface area contributed by atoms with Gasteiger partial charge < -0.3 is 19.7 Å². The van der Waals surface area contributed by atoms with Crippen LogP contribution in [0.5, 0.6) is 11.5 Å². The summed E-state index contributed by atoms with van der Waals surface area (Å²) in [5, 5.41) is 3.16. The standard InChI is InChI=1S/C28H26F3N5O2/c1-16-5-7-21(22(11-16)28(29,30)31)23-15-38-25-14-33-27(35-26(25)36(23)3)34-19-6-8-20(24(13-19)37-4)18-9-10-32-17(2)12-18/h5-14,23H,15H2,1-4H3,(H,33,34,35). The molecule has 196 valence electrons. The summed E-state index contributed by atoms with van der Waals surface area (Å²) in [4.78, 5) is 14.8. The first-order chi connectivity index (χ1) is 18.1. The summed E-state index contributed by atoms with van der Waals surface area (Å²) in [7, 11) is 3.30. The number of halogens is 3. The Morgan fingerprint density at radius 1 is 1.05 bits per heavy atom. The number of nitrogens with zero attached hydrogens (tertiary/aromatic N) is 4. The normalized spacial score (nSPS) is 15.0. The van der Waals surface area contributed by atoms with Crippen molar-refractivity contribution < 1.29 is 22.6 Å². The third-order valence-electron chi connectivity index (χ3n) is 6.47. The molecule has 2 aromatic carbocycles. The third-order valence-corrected chi connectivity index (χ3v) is 6.47. The lowest BCUT2D eigenvalue weighted by Gasteiger charge is -2.36. The number of rotatable bonds is 5. The first kappa shape index (κ1) is 25.3. The van der Waals surface area contributed by atoms with Gasteiger partial charge in [-0.25, -0.2) is 4.98 Å². The monoisotopic (exact) mass is 521 g/mol. The van der Waals surface area contributed by atoms with Gasteiger partial charge in [0.05, 0.1) is 24.9 Å². The maximum atomic E-state index is 13.8. The van der Waals surface area contributed by atoms with E-state index < -0.39 is 17.8 Å². The fourth-order valence-corrected chi connectivity index (χ4v) is 4.56.